The van der Waals surface area contributed by atoms with Crippen molar-refractivity contribution in [2.24, 2.45) is 0 Å². The average molecular weight is 324 g/mol. The largest absolute Gasteiger partial charge is 0.397 e. The number of aldehydes is 1. The number of nitrogens with two attached hydrogens (primary N) is 1. The second-order valence-corrected chi connectivity index (χ2v) is 5.80. The van der Waals surface area contributed by atoms with Crippen LogP contribution in [0.25, 0.3) is 11.1 Å². The fraction of sp³-hybridized carbons (Fsp3) is 0.278. The summed E-state index contributed by atoms with van der Waals surface area (Å²) in [4.78, 5) is 15.2. The molecule has 1 aromatic heterocycles. The lowest BCUT2D eigenvalue weighted by molar-refractivity contribution is -0.102. The standard InChI is InChI=1S/C18H20N4O2/c19-14-7-13(9-21-10-14)12-4-5-17(15(8-12)16(20)11-23)22-18-3-1-2-6-24-18/h4-5,7-11,18,20,22H,1-3,6,19H2. The smallest absolute Gasteiger partial charge is 0.168 e. The third-order valence-electron chi connectivity index (χ3n) is 4.02. The molecule has 6 nitrogen and oxygen atoms in total. The quantitative estimate of drug-likeness (QED) is 0.580. The number of hydrogen-bond donors (Lipinski definition) is 3. The molecule has 124 valence electrons. The molecule has 6 heteroatoms. The lowest BCUT2D eigenvalue weighted by Crippen LogP contribution is -2.28. The molecule has 0 spiro atoms. The fourth-order valence-electron chi connectivity index (χ4n) is 2.78. The number of nitrogen functional groups attached to an aromatic ring is 1. The van der Waals surface area contributed by atoms with Gasteiger partial charge in [0, 0.05) is 35.8 Å². The number of aromatic nitrogens is 1. The van der Waals surface area contributed by atoms with Crippen LogP contribution in [0.5, 0.6) is 0 Å². The van der Waals surface area contributed by atoms with E-state index in [1.165, 1.54) is 0 Å². The summed E-state index contributed by atoms with van der Waals surface area (Å²) in [6, 6.07) is 7.40. The lowest BCUT2D eigenvalue weighted by atomic mass is 10.00. The van der Waals surface area contributed by atoms with Crippen molar-refractivity contribution in [1.82, 2.24) is 4.98 Å². The van der Waals surface area contributed by atoms with Gasteiger partial charge >= 0.3 is 0 Å². The lowest BCUT2D eigenvalue weighted by Gasteiger charge is -2.25. The average Bonchev–Trinajstić information content (AvgIpc) is 2.62. The summed E-state index contributed by atoms with van der Waals surface area (Å²) in [7, 11) is 0. The molecular formula is C18H20N4O2. The van der Waals surface area contributed by atoms with E-state index in [-0.39, 0.29) is 11.9 Å². The van der Waals surface area contributed by atoms with Crippen LogP contribution in [0, 0.1) is 5.41 Å². The van der Waals surface area contributed by atoms with E-state index in [1.54, 1.807) is 18.5 Å². The van der Waals surface area contributed by atoms with Gasteiger partial charge in [0.05, 0.1) is 5.69 Å². The summed E-state index contributed by atoms with van der Waals surface area (Å²) in [5.41, 5.74) is 9.23. The highest BCUT2D eigenvalue weighted by atomic mass is 16.5. The third kappa shape index (κ3) is 3.60. The first-order valence-corrected chi connectivity index (χ1v) is 7.94. The first kappa shape index (κ1) is 16.1. The highest BCUT2D eigenvalue weighted by Crippen LogP contribution is 2.27. The first-order valence-electron chi connectivity index (χ1n) is 7.94. The second-order valence-electron chi connectivity index (χ2n) is 5.80. The Labute approximate surface area is 140 Å². The molecular weight excluding hydrogens is 304 g/mol. The van der Waals surface area contributed by atoms with Crippen LogP contribution in [0.15, 0.2) is 36.7 Å². The van der Waals surface area contributed by atoms with E-state index in [0.29, 0.717) is 17.5 Å². The Hall–Kier alpha value is -2.73. The van der Waals surface area contributed by atoms with Crippen molar-refractivity contribution in [3.63, 3.8) is 0 Å². The Balaban J connectivity index is 1.94. The molecule has 1 aliphatic heterocycles. The maximum absolute atomic E-state index is 11.1. The predicted octanol–water partition coefficient (Wildman–Crippen LogP) is 2.84. The van der Waals surface area contributed by atoms with E-state index >= 15 is 0 Å². The number of nitrogens with one attached hydrogen (secondary N) is 2. The Morgan fingerprint density at radius 1 is 1.29 bits per heavy atom. The topological polar surface area (TPSA) is 101 Å². The predicted molar refractivity (Wildman–Crippen MR) is 94.2 cm³/mol. The summed E-state index contributed by atoms with van der Waals surface area (Å²) in [5, 5.41) is 11.2. The van der Waals surface area contributed by atoms with Crippen LogP contribution in [-0.4, -0.2) is 29.8 Å². The molecule has 1 saturated heterocycles. The van der Waals surface area contributed by atoms with Gasteiger partial charge in [-0.15, -0.1) is 0 Å². The molecule has 1 aromatic carbocycles. The molecule has 2 heterocycles. The molecule has 2 aromatic rings. The number of ether oxygens (including phenoxy) is 1. The van der Waals surface area contributed by atoms with Crippen molar-refractivity contribution >= 4 is 23.4 Å². The molecule has 0 bridgehead atoms. The van der Waals surface area contributed by atoms with Crippen molar-refractivity contribution in [3.05, 3.63) is 42.2 Å². The second kappa shape index (κ2) is 7.23. The van der Waals surface area contributed by atoms with Gasteiger partial charge in [0.25, 0.3) is 0 Å². The van der Waals surface area contributed by atoms with Crippen molar-refractivity contribution in [1.29, 1.82) is 5.41 Å². The molecule has 4 N–H and O–H groups in total. The zero-order valence-electron chi connectivity index (χ0n) is 13.3. The Morgan fingerprint density at radius 3 is 2.88 bits per heavy atom. The van der Waals surface area contributed by atoms with Gasteiger partial charge in [-0.1, -0.05) is 6.07 Å². The van der Waals surface area contributed by atoms with Gasteiger partial charge in [0.15, 0.2) is 6.29 Å². The van der Waals surface area contributed by atoms with E-state index < -0.39 is 0 Å². The number of anilines is 2. The van der Waals surface area contributed by atoms with Crippen LogP contribution in [0.3, 0.4) is 0 Å². The van der Waals surface area contributed by atoms with Crippen molar-refractivity contribution in [2.75, 3.05) is 17.7 Å². The molecule has 1 unspecified atom stereocenters. The van der Waals surface area contributed by atoms with Gasteiger partial charge in [-0.05, 0) is 43.0 Å². The summed E-state index contributed by atoms with van der Waals surface area (Å²) in [6.45, 7) is 0.727. The zero-order valence-corrected chi connectivity index (χ0v) is 13.3. The highest BCUT2D eigenvalue weighted by Gasteiger charge is 2.17. The number of pyridine rings is 1. The van der Waals surface area contributed by atoms with Gasteiger partial charge in [0.1, 0.15) is 11.9 Å². The first-order chi connectivity index (χ1) is 11.7. The van der Waals surface area contributed by atoms with Crippen LogP contribution in [0.1, 0.15) is 24.8 Å². The van der Waals surface area contributed by atoms with Gasteiger partial charge in [-0.25, -0.2) is 0 Å². The van der Waals surface area contributed by atoms with E-state index in [2.05, 4.69) is 10.3 Å². The van der Waals surface area contributed by atoms with Gasteiger partial charge < -0.3 is 15.8 Å². The van der Waals surface area contributed by atoms with Crippen LogP contribution in [0.2, 0.25) is 0 Å². The van der Waals surface area contributed by atoms with Crippen LogP contribution in [-0.2, 0) is 9.53 Å². The van der Waals surface area contributed by atoms with E-state index in [9.17, 15) is 4.79 Å². The monoisotopic (exact) mass is 324 g/mol. The van der Waals surface area contributed by atoms with Crippen molar-refractivity contribution in [3.8, 4) is 11.1 Å². The molecule has 24 heavy (non-hydrogen) atoms. The van der Waals surface area contributed by atoms with Crippen molar-refractivity contribution in [2.45, 2.75) is 25.5 Å². The molecule has 1 atom stereocenters. The Kier molecular flexibility index (Phi) is 4.86. The Bertz CT molecular complexity index is 754. The molecule has 3 rings (SSSR count). The number of nitrogens with zero attached hydrogens (tertiary/aromatic N) is 1. The fourth-order valence-corrected chi connectivity index (χ4v) is 2.78. The summed E-state index contributed by atoms with van der Waals surface area (Å²) < 4.78 is 5.68. The molecule has 0 radical (unpaired) electrons. The molecule has 1 aliphatic rings. The SMILES string of the molecule is N=C(C=O)c1cc(-c2cncc(N)c2)ccc1NC1CCCCO1. The third-order valence-corrected chi connectivity index (χ3v) is 4.02. The summed E-state index contributed by atoms with van der Waals surface area (Å²) in [5.74, 6) is 0. The normalized spacial score (nSPS) is 17.2. The maximum Gasteiger partial charge on any atom is 0.168 e. The Morgan fingerprint density at radius 2 is 2.17 bits per heavy atom. The number of rotatable bonds is 5. The van der Waals surface area contributed by atoms with Crippen molar-refractivity contribution < 1.29 is 9.53 Å². The van der Waals surface area contributed by atoms with Gasteiger partial charge in [-0.2, -0.15) is 0 Å². The van der Waals surface area contributed by atoms with E-state index in [0.717, 1.165) is 42.7 Å². The minimum Gasteiger partial charge on any atom is -0.397 e. The minimum absolute atomic E-state index is 0.0768. The number of carbonyl (C=O) groups is 1. The van der Waals surface area contributed by atoms with Crippen LogP contribution < -0.4 is 11.1 Å². The molecule has 0 aliphatic carbocycles. The van der Waals surface area contributed by atoms with Gasteiger partial charge in [0.2, 0.25) is 0 Å². The molecule has 0 saturated carbocycles. The van der Waals surface area contributed by atoms with Crippen LogP contribution >= 0.6 is 0 Å². The number of carbonyl (C=O) groups excluding carboxylic acids is 1. The maximum atomic E-state index is 11.1. The summed E-state index contributed by atoms with van der Waals surface area (Å²) in [6.07, 6.45) is 6.82. The number of benzene rings is 1. The minimum atomic E-state index is -0.0863. The van der Waals surface area contributed by atoms with Gasteiger partial charge in [-0.3, -0.25) is 15.2 Å². The molecule has 0 amide bonds. The van der Waals surface area contributed by atoms with E-state index in [4.69, 9.17) is 15.9 Å². The van der Waals surface area contributed by atoms with E-state index in [1.807, 2.05) is 18.2 Å². The highest BCUT2D eigenvalue weighted by molar-refractivity contribution is 6.36. The molecule has 1 fully saturated rings. The zero-order chi connectivity index (χ0) is 16.9. The number of hydrogen-bond acceptors (Lipinski definition) is 6. The summed E-state index contributed by atoms with van der Waals surface area (Å²) >= 11 is 0. The van der Waals surface area contributed by atoms with Crippen LogP contribution in [0.4, 0.5) is 11.4 Å².